The van der Waals surface area contributed by atoms with Gasteiger partial charge in [0.1, 0.15) is 34.3 Å². The number of nitriles is 1. The van der Waals surface area contributed by atoms with Crippen molar-refractivity contribution in [2.24, 2.45) is 0 Å². The Morgan fingerprint density at radius 2 is 2.05 bits per heavy atom. The first-order valence-corrected chi connectivity index (χ1v) is 11.1. The van der Waals surface area contributed by atoms with E-state index in [1.807, 2.05) is 13.0 Å². The lowest BCUT2D eigenvalue weighted by Crippen LogP contribution is -1.87. The van der Waals surface area contributed by atoms with Crippen molar-refractivity contribution < 1.29 is 17.5 Å². The molecule has 1 rings (SSSR count). The minimum Gasteiger partial charge on any atom is -0.424 e. The summed E-state index contributed by atoms with van der Waals surface area (Å²) in [7, 11) is 2.79. The van der Waals surface area contributed by atoms with Crippen LogP contribution in [0.25, 0.3) is 0 Å². The third kappa shape index (κ3) is 5.23. The molecule has 5 nitrogen and oxygen atoms in total. The standard InChI is InChI=1S/C9H12NO4PS4/c1-4-16-9-5-7(8(6-10)17-9)14-15(11,18-12-2)19-13-3/h5H,4H2,1-3H3. The Labute approximate surface area is 128 Å². The van der Waals surface area contributed by atoms with Gasteiger partial charge in [0.2, 0.25) is 0 Å². The summed E-state index contributed by atoms with van der Waals surface area (Å²) in [5, 5.41) is 9.06. The van der Waals surface area contributed by atoms with E-state index in [9.17, 15) is 4.57 Å². The Hall–Kier alpha value is 0.190. The van der Waals surface area contributed by atoms with Gasteiger partial charge in [0.05, 0.1) is 18.4 Å². The highest BCUT2D eigenvalue weighted by Gasteiger charge is 2.31. The SMILES string of the molecule is CCSc1cc(OP(=O)(SOC)SOC)c(C#N)s1. The zero-order valence-electron chi connectivity index (χ0n) is 10.4. The van der Waals surface area contributed by atoms with E-state index in [-0.39, 0.29) is 0 Å². The van der Waals surface area contributed by atoms with Crippen LogP contribution in [-0.2, 0) is 12.9 Å². The number of hydrogen-bond acceptors (Lipinski definition) is 9. The highest BCUT2D eigenvalue weighted by molar-refractivity contribution is 8.87. The quantitative estimate of drug-likeness (QED) is 0.373. The molecule has 0 amide bonds. The van der Waals surface area contributed by atoms with Gasteiger partial charge in [0.15, 0.2) is 5.75 Å². The molecule has 0 radical (unpaired) electrons. The Balaban J connectivity index is 2.95. The first-order valence-electron chi connectivity index (χ1n) is 4.99. The minimum absolute atomic E-state index is 0.306. The predicted octanol–water partition coefficient (Wildman–Crippen LogP) is 4.81. The van der Waals surface area contributed by atoms with Gasteiger partial charge in [-0.3, -0.25) is 0 Å². The van der Waals surface area contributed by atoms with Gasteiger partial charge in [-0.25, -0.2) is 4.57 Å². The lowest BCUT2D eigenvalue weighted by molar-refractivity contribution is 0.471. The monoisotopic (exact) mass is 357 g/mol. The van der Waals surface area contributed by atoms with Crippen molar-refractivity contribution in [1.82, 2.24) is 0 Å². The Bertz CT molecular complexity index is 491. The first-order chi connectivity index (χ1) is 9.08. The summed E-state index contributed by atoms with van der Waals surface area (Å²) in [5.74, 6) is -2.05. The molecule has 106 valence electrons. The summed E-state index contributed by atoms with van der Waals surface area (Å²) in [6.07, 6.45) is 0. The van der Waals surface area contributed by atoms with Gasteiger partial charge in [0, 0.05) is 6.07 Å². The van der Waals surface area contributed by atoms with Crippen LogP contribution in [0.2, 0.25) is 0 Å². The molecular weight excluding hydrogens is 345 g/mol. The van der Waals surface area contributed by atoms with Gasteiger partial charge >= 0.3 is 5.77 Å². The maximum atomic E-state index is 12.4. The average Bonchev–Trinajstić information content (AvgIpc) is 2.71. The second-order valence-electron chi connectivity index (χ2n) is 2.82. The van der Waals surface area contributed by atoms with Crippen molar-refractivity contribution in [2.75, 3.05) is 20.0 Å². The number of nitrogens with zero attached hydrogens (tertiary/aromatic N) is 1. The molecular formula is C9H12NO4PS4. The molecule has 0 aliphatic carbocycles. The molecule has 10 heteroatoms. The molecule has 0 fully saturated rings. The molecule has 0 aromatic carbocycles. The summed E-state index contributed by atoms with van der Waals surface area (Å²) in [5.41, 5.74) is 0. The number of thioether (sulfide) groups is 1. The lowest BCUT2D eigenvalue weighted by atomic mass is 10.5. The molecule has 0 N–H and O–H groups in total. The highest BCUT2D eigenvalue weighted by Crippen LogP contribution is 2.69. The summed E-state index contributed by atoms with van der Waals surface area (Å²) < 4.78 is 28.4. The fraction of sp³-hybridized carbons (Fsp3) is 0.444. The molecule has 1 heterocycles. The first kappa shape index (κ1) is 17.2. The molecule has 19 heavy (non-hydrogen) atoms. The van der Waals surface area contributed by atoms with Gasteiger partial charge < -0.3 is 12.9 Å². The van der Waals surface area contributed by atoms with Crippen LogP contribution >= 0.6 is 52.2 Å². The maximum absolute atomic E-state index is 12.4. The molecule has 0 unspecified atom stereocenters. The molecule has 0 saturated carbocycles. The summed E-state index contributed by atoms with van der Waals surface area (Å²) in [6, 6.07) is 3.76. The normalized spacial score (nSPS) is 11.3. The minimum atomic E-state index is -3.25. The largest absolute Gasteiger partial charge is 0.424 e. The summed E-state index contributed by atoms with van der Waals surface area (Å²) >= 11 is 4.32. The second-order valence-corrected chi connectivity index (χ2v) is 12.0. The van der Waals surface area contributed by atoms with Gasteiger partial charge in [-0.1, -0.05) is 6.92 Å². The molecule has 1 aromatic heterocycles. The average molecular weight is 357 g/mol. The lowest BCUT2D eigenvalue weighted by Gasteiger charge is -2.13. The summed E-state index contributed by atoms with van der Waals surface area (Å²) in [6.45, 7) is 2.02. The van der Waals surface area contributed by atoms with Gasteiger partial charge in [0.25, 0.3) is 0 Å². The van der Waals surface area contributed by atoms with E-state index in [1.165, 1.54) is 25.6 Å². The van der Waals surface area contributed by atoms with E-state index >= 15 is 0 Å². The molecule has 0 aliphatic heterocycles. The van der Waals surface area contributed by atoms with Crippen LogP contribution in [0, 0.1) is 11.3 Å². The smallest absolute Gasteiger partial charge is 0.412 e. The zero-order chi connectivity index (χ0) is 14.3. The Kier molecular flexibility index (Phi) is 7.69. The van der Waals surface area contributed by atoms with Crippen LogP contribution in [0.3, 0.4) is 0 Å². The third-order valence-electron chi connectivity index (χ3n) is 1.61. The van der Waals surface area contributed by atoms with E-state index in [0.29, 0.717) is 34.0 Å². The topological polar surface area (TPSA) is 68.6 Å². The van der Waals surface area contributed by atoms with Crippen LogP contribution in [0.15, 0.2) is 10.3 Å². The van der Waals surface area contributed by atoms with Crippen LogP contribution in [-0.4, -0.2) is 20.0 Å². The molecule has 0 spiro atoms. The van der Waals surface area contributed by atoms with E-state index < -0.39 is 5.77 Å². The molecule has 0 bridgehead atoms. The van der Waals surface area contributed by atoms with Gasteiger partial charge in [-0.05, 0) is 5.75 Å². The van der Waals surface area contributed by atoms with Crippen LogP contribution in [0.4, 0.5) is 0 Å². The Morgan fingerprint density at radius 1 is 1.42 bits per heavy atom. The van der Waals surface area contributed by atoms with Gasteiger partial charge in [-0.2, -0.15) is 5.26 Å². The van der Waals surface area contributed by atoms with Crippen molar-refractivity contribution in [3.63, 3.8) is 0 Å². The fourth-order valence-electron chi connectivity index (χ4n) is 1.06. The van der Waals surface area contributed by atoms with Crippen molar-refractivity contribution in [2.45, 2.75) is 11.1 Å². The van der Waals surface area contributed by atoms with Crippen molar-refractivity contribution in [3.05, 3.63) is 10.9 Å². The Morgan fingerprint density at radius 3 is 2.53 bits per heavy atom. The van der Waals surface area contributed by atoms with Crippen molar-refractivity contribution >= 4 is 52.2 Å². The van der Waals surface area contributed by atoms with Crippen LogP contribution in [0.5, 0.6) is 5.75 Å². The predicted molar refractivity (Wildman–Crippen MR) is 82.9 cm³/mol. The third-order valence-corrected chi connectivity index (χ3v) is 8.33. The number of rotatable bonds is 8. The van der Waals surface area contributed by atoms with Crippen molar-refractivity contribution in [1.29, 1.82) is 5.26 Å². The molecule has 0 aliphatic rings. The second kappa shape index (κ2) is 8.47. The van der Waals surface area contributed by atoms with Crippen LogP contribution in [0.1, 0.15) is 11.8 Å². The van der Waals surface area contributed by atoms with E-state index in [2.05, 4.69) is 0 Å². The van der Waals surface area contributed by atoms with E-state index in [1.54, 1.807) is 17.8 Å². The number of thiophene rings is 1. The van der Waals surface area contributed by atoms with E-state index in [4.69, 9.17) is 18.2 Å². The highest BCUT2D eigenvalue weighted by atomic mass is 33.1. The summed E-state index contributed by atoms with van der Waals surface area (Å²) in [4.78, 5) is 0.393. The fourth-order valence-corrected chi connectivity index (χ4v) is 7.04. The zero-order valence-corrected chi connectivity index (χ0v) is 14.6. The van der Waals surface area contributed by atoms with Gasteiger partial charge in [-0.15, -0.1) is 23.1 Å². The molecule has 0 atom stereocenters. The number of hydrogen-bond donors (Lipinski definition) is 0. The molecule has 0 saturated heterocycles. The van der Waals surface area contributed by atoms with Crippen molar-refractivity contribution in [3.8, 4) is 11.8 Å². The molecule has 1 aromatic rings. The van der Waals surface area contributed by atoms with Crippen LogP contribution < -0.4 is 4.52 Å². The van der Waals surface area contributed by atoms with E-state index in [0.717, 1.165) is 9.96 Å². The maximum Gasteiger partial charge on any atom is 0.412 e.